The first kappa shape index (κ1) is 13.1. The number of carbonyl (C=O) groups excluding carboxylic acids is 1. The molecule has 6 nitrogen and oxygen atoms in total. The predicted molar refractivity (Wildman–Crippen MR) is 77.9 cm³/mol. The minimum atomic E-state index is 0.152. The average Bonchev–Trinajstić information content (AvgIpc) is 3.22. The van der Waals surface area contributed by atoms with Crippen molar-refractivity contribution in [2.75, 3.05) is 36.4 Å². The van der Waals surface area contributed by atoms with Crippen molar-refractivity contribution < 1.29 is 4.79 Å². The Bertz CT molecular complexity index is 506. The fraction of sp³-hybridized carbons (Fsp3) is 0.643. The smallest absolute Gasteiger partial charge is 0.225 e. The molecule has 1 aliphatic heterocycles. The van der Waals surface area contributed by atoms with Gasteiger partial charge in [0.1, 0.15) is 5.82 Å². The van der Waals surface area contributed by atoms with E-state index in [4.69, 9.17) is 0 Å². The number of rotatable bonds is 3. The first-order valence-corrected chi connectivity index (χ1v) is 7.24. The highest BCUT2D eigenvalue weighted by Crippen LogP contribution is 2.24. The quantitative estimate of drug-likeness (QED) is 0.892. The molecule has 1 saturated carbocycles. The monoisotopic (exact) mass is 275 g/mol. The van der Waals surface area contributed by atoms with Gasteiger partial charge in [0.25, 0.3) is 0 Å². The van der Waals surface area contributed by atoms with Crippen LogP contribution in [0.1, 0.15) is 25.5 Å². The van der Waals surface area contributed by atoms with Gasteiger partial charge in [0, 0.05) is 50.9 Å². The van der Waals surface area contributed by atoms with E-state index in [0.29, 0.717) is 6.04 Å². The molecule has 0 bridgehead atoms. The molecular weight excluding hydrogens is 254 g/mol. The highest BCUT2D eigenvalue weighted by Gasteiger charge is 2.23. The van der Waals surface area contributed by atoms with E-state index in [1.54, 1.807) is 6.92 Å². The van der Waals surface area contributed by atoms with Crippen LogP contribution in [-0.4, -0.2) is 53.0 Å². The lowest BCUT2D eigenvalue weighted by molar-refractivity contribution is -0.129. The van der Waals surface area contributed by atoms with E-state index in [-0.39, 0.29) is 5.91 Å². The van der Waals surface area contributed by atoms with E-state index >= 15 is 0 Å². The van der Waals surface area contributed by atoms with Gasteiger partial charge in [-0.05, 0) is 19.8 Å². The molecule has 2 heterocycles. The summed E-state index contributed by atoms with van der Waals surface area (Å²) in [5, 5.41) is 3.35. The molecule has 3 rings (SSSR count). The van der Waals surface area contributed by atoms with Gasteiger partial charge in [0.05, 0.1) is 0 Å². The number of carbonyl (C=O) groups is 1. The summed E-state index contributed by atoms with van der Waals surface area (Å²) in [5.74, 6) is 1.85. The molecule has 1 N–H and O–H groups in total. The van der Waals surface area contributed by atoms with E-state index in [2.05, 4.69) is 20.2 Å². The van der Waals surface area contributed by atoms with Crippen LogP contribution < -0.4 is 10.2 Å². The zero-order chi connectivity index (χ0) is 14.1. The van der Waals surface area contributed by atoms with Gasteiger partial charge in [-0.2, -0.15) is 4.98 Å². The largest absolute Gasteiger partial charge is 0.353 e. The van der Waals surface area contributed by atoms with Crippen LogP contribution in [0.5, 0.6) is 0 Å². The summed E-state index contributed by atoms with van der Waals surface area (Å²) in [7, 11) is 0. The Morgan fingerprint density at radius 1 is 1.25 bits per heavy atom. The van der Waals surface area contributed by atoms with Crippen LogP contribution in [0.25, 0.3) is 0 Å². The van der Waals surface area contributed by atoms with Crippen LogP contribution >= 0.6 is 0 Å². The number of hydrogen-bond donors (Lipinski definition) is 1. The molecule has 20 heavy (non-hydrogen) atoms. The van der Waals surface area contributed by atoms with Crippen molar-refractivity contribution in [1.29, 1.82) is 0 Å². The van der Waals surface area contributed by atoms with Gasteiger partial charge in [-0.3, -0.25) is 4.79 Å². The summed E-state index contributed by atoms with van der Waals surface area (Å²) >= 11 is 0. The lowest BCUT2D eigenvalue weighted by Gasteiger charge is -2.35. The van der Waals surface area contributed by atoms with Gasteiger partial charge < -0.3 is 15.1 Å². The first-order valence-electron chi connectivity index (χ1n) is 7.24. The number of amides is 1. The predicted octanol–water partition coefficient (Wildman–Crippen LogP) is 1.03. The number of nitrogens with zero attached hydrogens (tertiary/aromatic N) is 4. The first-order chi connectivity index (χ1) is 9.61. The van der Waals surface area contributed by atoms with Crippen LogP contribution in [-0.2, 0) is 4.79 Å². The molecule has 0 aromatic carbocycles. The van der Waals surface area contributed by atoms with Gasteiger partial charge >= 0.3 is 0 Å². The van der Waals surface area contributed by atoms with Crippen LogP contribution in [0.2, 0.25) is 0 Å². The molecule has 0 unspecified atom stereocenters. The summed E-state index contributed by atoms with van der Waals surface area (Å²) in [6.07, 6.45) is 2.42. The molecule has 1 aliphatic carbocycles. The van der Waals surface area contributed by atoms with Crippen molar-refractivity contribution in [3.8, 4) is 0 Å². The second kappa shape index (κ2) is 5.26. The second-order valence-electron chi connectivity index (χ2n) is 5.60. The van der Waals surface area contributed by atoms with Gasteiger partial charge in [0.2, 0.25) is 11.9 Å². The molecule has 0 radical (unpaired) electrons. The highest BCUT2D eigenvalue weighted by atomic mass is 16.2. The van der Waals surface area contributed by atoms with Crippen molar-refractivity contribution in [2.45, 2.75) is 32.7 Å². The second-order valence-corrected chi connectivity index (χ2v) is 5.60. The lowest BCUT2D eigenvalue weighted by Crippen LogP contribution is -2.48. The molecular formula is C14H21N5O. The van der Waals surface area contributed by atoms with Crippen molar-refractivity contribution in [3.05, 3.63) is 11.8 Å². The lowest BCUT2D eigenvalue weighted by atomic mass is 10.3. The number of piperazine rings is 1. The zero-order valence-electron chi connectivity index (χ0n) is 12.1. The normalized spacial score (nSPS) is 19.1. The van der Waals surface area contributed by atoms with E-state index < -0.39 is 0 Å². The third-order valence-electron chi connectivity index (χ3n) is 3.80. The minimum absolute atomic E-state index is 0.152. The summed E-state index contributed by atoms with van der Waals surface area (Å²) in [6.45, 7) is 6.82. The van der Waals surface area contributed by atoms with Crippen LogP contribution in [0.3, 0.4) is 0 Å². The Balaban J connectivity index is 1.70. The summed E-state index contributed by atoms with van der Waals surface area (Å²) < 4.78 is 0. The van der Waals surface area contributed by atoms with Crippen molar-refractivity contribution in [3.63, 3.8) is 0 Å². The molecule has 1 saturated heterocycles. The Morgan fingerprint density at radius 2 is 1.95 bits per heavy atom. The average molecular weight is 275 g/mol. The fourth-order valence-electron chi connectivity index (χ4n) is 2.44. The molecule has 0 spiro atoms. The van der Waals surface area contributed by atoms with Crippen LogP contribution in [0, 0.1) is 6.92 Å². The van der Waals surface area contributed by atoms with Gasteiger partial charge in [-0.15, -0.1) is 0 Å². The fourth-order valence-corrected chi connectivity index (χ4v) is 2.44. The Morgan fingerprint density at radius 3 is 2.55 bits per heavy atom. The molecule has 6 heteroatoms. The summed E-state index contributed by atoms with van der Waals surface area (Å²) in [6, 6.07) is 2.57. The maximum Gasteiger partial charge on any atom is 0.225 e. The molecule has 2 aliphatic rings. The Labute approximate surface area is 119 Å². The highest BCUT2D eigenvalue weighted by molar-refractivity contribution is 5.73. The van der Waals surface area contributed by atoms with Crippen LogP contribution in [0.15, 0.2) is 6.07 Å². The maximum absolute atomic E-state index is 11.4. The number of hydrogen-bond acceptors (Lipinski definition) is 5. The SMILES string of the molecule is CC(=O)N1CCN(c2cc(C)nc(NC3CC3)n2)CC1. The number of aryl methyl sites for hydroxylation is 1. The minimum Gasteiger partial charge on any atom is -0.353 e. The number of nitrogens with one attached hydrogen (secondary N) is 1. The van der Waals surface area contributed by atoms with Crippen molar-refractivity contribution in [1.82, 2.24) is 14.9 Å². The number of aromatic nitrogens is 2. The summed E-state index contributed by atoms with van der Waals surface area (Å²) in [5.41, 5.74) is 0.979. The van der Waals surface area contributed by atoms with E-state index in [9.17, 15) is 4.79 Å². The molecule has 2 fully saturated rings. The van der Waals surface area contributed by atoms with E-state index in [0.717, 1.165) is 43.6 Å². The molecule has 108 valence electrons. The van der Waals surface area contributed by atoms with Crippen LogP contribution in [0.4, 0.5) is 11.8 Å². The van der Waals surface area contributed by atoms with Gasteiger partial charge in [0.15, 0.2) is 0 Å². The number of anilines is 2. The standard InChI is InChI=1S/C14H21N5O/c1-10-9-13(17-14(15-10)16-12-3-4-12)19-7-5-18(6-8-19)11(2)20/h9,12H,3-8H2,1-2H3,(H,15,16,17). The van der Waals surface area contributed by atoms with E-state index in [1.165, 1.54) is 12.8 Å². The third kappa shape index (κ3) is 3.00. The van der Waals surface area contributed by atoms with Crippen molar-refractivity contribution in [2.24, 2.45) is 0 Å². The topological polar surface area (TPSA) is 61.4 Å². The summed E-state index contributed by atoms with van der Waals surface area (Å²) in [4.78, 5) is 24.5. The zero-order valence-corrected chi connectivity index (χ0v) is 12.1. The molecule has 1 amide bonds. The third-order valence-corrected chi connectivity index (χ3v) is 3.80. The maximum atomic E-state index is 11.4. The van der Waals surface area contributed by atoms with Gasteiger partial charge in [-0.1, -0.05) is 0 Å². The molecule has 0 atom stereocenters. The van der Waals surface area contributed by atoms with Gasteiger partial charge in [-0.25, -0.2) is 4.98 Å². The Hall–Kier alpha value is -1.85. The molecule has 1 aromatic heterocycles. The molecule has 1 aromatic rings. The van der Waals surface area contributed by atoms with Crippen molar-refractivity contribution >= 4 is 17.7 Å². The van der Waals surface area contributed by atoms with E-state index in [1.807, 2.05) is 17.9 Å². The Kier molecular flexibility index (Phi) is 3.46.